The first-order chi connectivity index (χ1) is 9.20. The van der Waals surface area contributed by atoms with Crippen LogP contribution in [0.25, 0.3) is 0 Å². The lowest BCUT2D eigenvalue weighted by atomic mass is 10.3. The molecular weight excluding hydrogens is 308 g/mol. The molecule has 1 aromatic carbocycles. The first-order valence-corrected chi connectivity index (χ1v) is 8.97. The van der Waals surface area contributed by atoms with Crippen LogP contribution in [0.1, 0.15) is 6.42 Å². The van der Waals surface area contributed by atoms with Crippen molar-refractivity contribution in [2.24, 2.45) is 0 Å². The van der Waals surface area contributed by atoms with Crippen molar-refractivity contribution in [3.05, 3.63) is 34.4 Å². The number of benzene rings is 1. The summed E-state index contributed by atoms with van der Waals surface area (Å²) in [5.41, 5.74) is -0.341. The average Bonchev–Trinajstić information content (AvgIpc) is 2.68. The van der Waals surface area contributed by atoms with E-state index in [0.29, 0.717) is 0 Å². The summed E-state index contributed by atoms with van der Waals surface area (Å²) in [5.74, 6) is -0.309. The van der Waals surface area contributed by atoms with Crippen molar-refractivity contribution in [3.63, 3.8) is 0 Å². The fourth-order valence-electron chi connectivity index (χ4n) is 1.94. The van der Waals surface area contributed by atoms with E-state index in [2.05, 4.69) is 4.72 Å². The Labute approximate surface area is 115 Å². The maximum absolute atomic E-state index is 12.0. The highest BCUT2D eigenvalue weighted by molar-refractivity contribution is 7.92. The molecule has 0 aromatic heterocycles. The summed E-state index contributed by atoms with van der Waals surface area (Å²) in [6, 6.07) is 3.91. The van der Waals surface area contributed by atoms with Crippen molar-refractivity contribution in [1.82, 2.24) is 4.72 Å². The molecule has 1 N–H and O–H groups in total. The van der Waals surface area contributed by atoms with Crippen molar-refractivity contribution in [3.8, 4) is 0 Å². The highest BCUT2D eigenvalue weighted by atomic mass is 32.2. The number of rotatable bonds is 4. The standard InChI is InChI=1S/C10H12N2O6S2/c13-12(14)9-2-1-3-10(6-9)20(17,18)11-8-4-5-19(15,16)7-8/h1-3,6,8,11H,4-5,7H2/t8-/m0/s1. The van der Waals surface area contributed by atoms with Gasteiger partial charge >= 0.3 is 0 Å². The molecule has 1 aliphatic heterocycles. The molecule has 110 valence electrons. The van der Waals surface area contributed by atoms with Crippen molar-refractivity contribution in [1.29, 1.82) is 0 Å². The summed E-state index contributed by atoms with van der Waals surface area (Å²) in [5, 5.41) is 10.6. The minimum atomic E-state index is -3.97. The number of nitro benzene ring substituents is 1. The maximum atomic E-state index is 12.0. The second kappa shape index (κ2) is 5.11. The van der Waals surface area contributed by atoms with Gasteiger partial charge in [-0.3, -0.25) is 10.1 Å². The predicted molar refractivity (Wildman–Crippen MR) is 70.5 cm³/mol. The second-order valence-corrected chi connectivity index (χ2v) is 8.42. The quantitative estimate of drug-likeness (QED) is 0.618. The summed E-state index contributed by atoms with van der Waals surface area (Å²) in [6.45, 7) is 0. The van der Waals surface area contributed by atoms with Crippen LogP contribution < -0.4 is 4.72 Å². The molecule has 1 aliphatic rings. The van der Waals surface area contributed by atoms with Gasteiger partial charge in [0.05, 0.1) is 21.3 Å². The largest absolute Gasteiger partial charge is 0.270 e. The summed E-state index contributed by atoms with van der Waals surface area (Å²) < 4.78 is 48.9. The minimum Gasteiger partial charge on any atom is -0.258 e. The zero-order chi connectivity index (χ0) is 15.0. The molecule has 0 bridgehead atoms. The normalized spacial score (nSPS) is 21.7. The molecule has 1 heterocycles. The van der Waals surface area contributed by atoms with Crippen LogP contribution in [0.15, 0.2) is 29.2 Å². The molecule has 0 saturated carbocycles. The van der Waals surface area contributed by atoms with E-state index in [1.54, 1.807) is 0 Å². The number of sulfonamides is 1. The number of hydrogen-bond acceptors (Lipinski definition) is 6. The molecule has 1 fully saturated rings. The third-order valence-electron chi connectivity index (χ3n) is 2.89. The molecule has 10 heteroatoms. The third kappa shape index (κ3) is 3.32. The molecule has 1 saturated heterocycles. The molecule has 0 aliphatic carbocycles. The fraction of sp³-hybridized carbons (Fsp3) is 0.400. The first kappa shape index (κ1) is 14.9. The van der Waals surface area contributed by atoms with E-state index < -0.39 is 30.8 Å². The number of nitrogens with one attached hydrogen (secondary N) is 1. The Morgan fingerprint density at radius 1 is 1.35 bits per heavy atom. The van der Waals surface area contributed by atoms with E-state index in [9.17, 15) is 26.9 Å². The minimum absolute atomic E-state index is 0.0604. The highest BCUT2D eigenvalue weighted by Crippen LogP contribution is 2.19. The summed E-state index contributed by atoms with van der Waals surface area (Å²) >= 11 is 0. The van der Waals surface area contributed by atoms with Crippen LogP contribution in [-0.4, -0.2) is 39.3 Å². The Balaban J connectivity index is 2.23. The maximum Gasteiger partial charge on any atom is 0.270 e. The molecule has 20 heavy (non-hydrogen) atoms. The van der Waals surface area contributed by atoms with E-state index in [-0.39, 0.29) is 28.5 Å². The first-order valence-electron chi connectivity index (χ1n) is 5.67. The van der Waals surface area contributed by atoms with Gasteiger partial charge in [-0.15, -0.1) is 0 Å². The summed E-state index contributed by atoms with van der Waals surface area (Å²) in [6.07, 6.45) is 0.205. The Morgan fingerprint density at radius 2 is 2.05 bits per heavy atom. The predicted octanol–water partition coefficient (Wildman–Crippen LogP) is 0.0602. The fourth-order valence-corrected chi connectivity index (χ4v) is 5.03. The van der Waals surface area contributed by atoms with E-state index in [1.165, 1.54) is 18.2 Å². The van der Waals surface area contributed by atoms with Gasteiger partial charge in [-0.25, -0.2) is 21.6 Å². The van der Waals surface area contributed by atoms with Crippen LogP contribution in [0.5, 0.6) is 0 Å². The highest BCUT2D eigenvalue weighted by Gasteiger charge is 2.31. The lowest BCUT2D eigenvalue weighted by molar-refractivity contribution is -0.385. The van der Waals surface area contributed by atoms with Gasteiger partial charge in [0.1, 0.15) is 0 Å². The Hall–Kier alpha value is -1.52. The van der Waals surface area contributed by atoms with Gasteiger partial charge in [-0.05, 0) is 12.5 Å². The van der Waals surface area contributed by atoms with Crippen molar-refractivity contribution >= 4 is 25.5 Å². The Kier molecular flexibility index (Phi) is 3.80. The average molecular weight is 320 g/mol. The van der Waals surface area contributed by atoms with Crippen LogP contribution >= 0.6 is 0 Å². The number of nitro groups is 1. The molecule has 8 nitrogen and oxygen atoms in total. The van der Waals surface area contributed by atoms with E-state index in [4.69, 9.17) is 0 Å². The van der Waals surface area contributed by atoms with Gasteiger partial charge in [0, 0.05) is 18.2 Å². The Morgan fingerprint density at radius 3 is 2.60 bits per heavy atom. The number of sulfone groups is 1. The SMILES string of the molecule is O=[N+]([O-])c1cccc(S(=O)(=O)N[C@H]2CCS(=O)(=O)C2)c1. The van der Waals surface area contributed by atoms with E-state index in [0.717, 1.165) is 6.07 Å². The molecular formula is C10H12N2O6S2. The molecule has 0 spiro atoms. The van der Waals surface area contributed by atoms with Crippen molar-refractivity contribution < 1.29 is 21.8 Å². The third-order valence-corrected chi connectivity index (χ3v) is 6.18. The van der Waals surface area contributed by atoms with Crippen molar-refractivity contribution in [2.75, 3.05) is 11.5 Å². The number of nitrogens with zero attached hydrogens (tertiary/aromatic N) is 1. The molecule has 0 amide bonds. The summed E-state index contributed by atoms with van der Waals surface area (Å²) in [7, 11) is -7.18. The van der Waals surface area contributed by atoms with Gasteiger partial charge in [0.2, 0.25) is 10.0 Å². The van der Waals surface area contributed by atoms with Crippen LogP contribution in [0.3, 0.4) is 0 Å². The van der Waals surface area contributed by atoms with Crippen molar-refractivity contribution in [2.45, 2.75) is 17.4 Å². The zero-order valence-electron chi connectivity index (χ0n) is 10.2. The van der Waals surface area contributed by atoms with Gasteiger partial charge in [0.25, 0.3) is 5.69 Å². The van der Waals surface area contributed by atoms with E-state index in [1.807, 2.05) is 0 Å². The van der Waals surface area contributed by atoms with E-state index >= 15 is 0 Å². The van der Waals surface area contributed by atoms with Gasteiger partial charge in [0.15, 0.2) is 9.84 Å². The molecule has 0 unspecified atom stereocenters. The second-order valence-electron chi connectivity index (χ2n) is 4.48. The monoisotopic (exact) mass is 320 g/mol. The zero-order valence-corrected chi connectivity index (χ0v) is 11.9. The molecule has 2 rings (SSSR count). The molecule has 1 atom stereocenters. The van der Waals surface area contributed by atoms with Crippen LogP contribution in [-0.2, 0) is 19.9 Å². The van der Waals surface area contributed by atoms with Crippen LogP contribution in [0.4, 0.5) is 5.69 Å². The van der Waals surface area contributed by atoms with Gasteiger partial charge < -0.3 is 0 Å². The van der Waals surface area contributed by atoms with Gasteiger partial charge in [-0.2, -0.15) is 0 Å². The van der Waals surface area contributed by atoms with Crippen LogP contribution in [0, 0.1) is 10.1 Å². The number of non-ortho nitro benzene ring substituents is 1. The van der Waals surface area contributed by atoms with Crippen LogP contribution in [0.2, 0.25) is 0 Å². The lowest BCUT2D eigenvalue weighted by Gasteiger charge is -2.11. The lowest BCUT2D eigenvalue weighted by Crippen LogP contribution is -2.35. The number of hydrogen-bond donors (Lipinski definition) is 1. The molecule has 1 aromatic rings. The smallest absolute Gasteiger partial charge is 0.258 e. The summed E-state index contributed by atoms with van der Waals surface area (Å²) in [4.78, 5) is 9.67. The topological polar surface area (TPSA) is 123 Å². The van der Waals surface area contributed by atoms with Gasteiger partial charge in [-0.1, -0.05) is 6.07 Å². The molecule has 0 radical (unpaired) electrons. The Bertz CT molecular complexity index is 741.